The molecule has 3 heterocycles. The van der Waals surface area contributed by atoms with Gasteiger partial charge in [0.15, 0.2) is 23.0 Å². The van der Waals surface area contributed by atoms with E-state index in [9.17, 15) is 5.11 Å². The molecule has 4 atom stereocenters. The van der Waals surface area contributed by atoms with Gasteiger partial charge in [-0.25, -0.2) is 0 Å². The normalized spacial score (nSPS) is 26.9. The summed E-state index contributed by atoms with van der Waals surface area (Å²) in [6.07, 6.45) is -0.826. The molecule has 3 aliphatic heterocycles. The van der Waals surface area contributed by atoms with Crippen LogP contribution in [0, 0.1) is 5.92 Å². The average Bonchev–Trinajstić information content (AvgIpc) is 3.56. The first-order valence-electron chi connectivity index (χ1n) is 11.4. The summed E-state index contributed by atoms with van der Waals surface area (Å²) < 4.78 is 34.7. The van der Waals surface area contributed by atoms with Crippen LogP contribution in [-0.2, 0) is 16.1 Å². The van der Waals surface area contributed by atoms with Crippen molar-refractivity contribution in [1.29, 1.82) is 0 Å². The van der Waals surface area contributed by atoms with Crippen LogP contribution in [-0.4, -0.2) is 37.8 Å². The van der Waals surface area contributed by atoms with E-state index in [1.54, 1.807) is 7.11 Å². The third kappa shape index (κ3) is 3.57. The zero-order valence-electron chi connectivity index (χ0n) is 18.8. The van der Waals surface area contributed by atoms with Crippen molar-refractivity contribution in [3.05, 3.63) is 83.4 Å². The lowest BCUT2D eigenvalue weighted by atomic mass is 9.81. The minimum absolute atomic E-state index is 0.177. The zero-order valence-corrected chi connectivity index (χ0v) is 18.8. The molecule has 1 N–H and O–H groups in total. The molecule has 0 unspecified atom stereocenters. The summed E-state index contributed by atoms with van der Waals surface area (Å²) >= 11 is 0. The summed E-state index contributed by atoms with van der Waals surface area (Å²) in [6, 6.07) is 21.4. The molecular formula is C27H26O7. The van der Waals surface area contributed by atoms with Crippen LogP contribution in [0.25, 0.3) is 0 Å². The van der Waals surface area contributed by atoms with Crippen LogP contribution < -0.4 is 18.9 Å². The number of methoxy groups -OCH3 is 1. The van der Waals surface area contributed by atoms with Crippen molar-refractivity contribution < 1.29 is 33.5 Å². The fraction of sp³-hybridized carbons (Fsp3) is 0.333. The van der Waals surface area contributed by atoms with Gasteiger partial charge < -0.3 is 33.5 Å². The van der Waals surface area contributed by atoms with E-state index in [1.807, 2.05) is 66.7 Å². The highest BCUT2D eigenvalue weighted by Crippen LogP contribution is 2.54. The van der Waals surface area contributed by atoms with Crippen molar-refractivity contribution in [2.75, 3.05) is 27.1 Å². The first-order valence-corrected chi connectivity index (χ1v) is 11.4. The van der Waals surface area contributed by atoms with Crippen LogP contribution >= 0.6 is 0 Å². The van der Waals surface area contributed by atoms with E-state index in [0.29, 0.717) is 36.2 Å². The summed E-state index contributed by atoms with van der Waals surface area (Å²) in [6.45, 7) is 1.21. The van der Waals surface area contributed by atoms with Gasteiger partial charge >= 0.3 is 0 Å². The van der Waals surface area contributed by atoms with Crippen LogP contribution in [0.4, 0.5) is 0 Å². The number of ether oxygens (including phenoxy) is 6. The maximum absolute atomic E-state index is 11.6. The molecule has 34 heavy (non-hydrogen) atoms. The Morgan fingerprint density at radius 1 is 0.912 bits per heavy atom. The first-order chi connectivity index (χ1) is 16.7. The van der Waals surface area contributed by atoms with Crippen LogP contribution in [0.1, 0.15) is 28.9 Å². The first kappa shape index (κ1) is 21.3. The molecule has 0 saturated carbocycles. The highest BCUT2D eigenvalue weighted by molar-refractivity contribution is 5.47. The van der Waals surface area contributed by atoms with Gasteiger partial charge in [0.1, 0.15) is 18.3 Å². The van der Waals surface area contributed by atoms with Crippen LogP contribution in [0.2, 0.25) is 0 Å². The van der Waals surface area contributed by atoms with Crippen molar-refractivity contribution in [1.82, 2.24) is 0 Å². The van der Waals surface area contributed by atoms with Crippen molar-refractivity contribution in [3.63, 3.8) is 0 Å². The maximum Gasteiger partial charge on any atom is 0.231 e. The molecule has 7 nitrogen and oxygen atoms in total. The Morgan fingerprint density at radius 3 is 2.59 bits per heavy atom. The van der Waals surface area contributed by atoms with E-state index >= 15 is 0 Å². The summed E-state index contributed by atoms with van der Waals surface area (Å²) in [5.41, 5.74) is 1.70. The second-order valence-electron chi connectivity index (χ2n) is 8.84. The topological polar surface area (TPSA) is 75.6 Å². The predicted octanol–water partition coefficient (Wildman–Crippen LogP) is 4.19. The average molecular weight is 462 g/mol. The van der Waals surface area contributed by atoms with E-state index in [2.05, 4.69) is 0 Å². The van der Waals surface area contributed by atoms with Crippen molar-refractivity contribution in [3.8, 4) is 23.0 Å². The molecule has 2 fully saturated rings. The van der Waals surface area contributed by atoms with Gasteiger partial charge in [0.25, 0.3) is 0 Å². The number of fused-ring (bicyclic) bond motifs is 2. The molecule has 2 saturated heterocycles. The lowest BCUT2D eigenvalue weighted by Crippen LogP contribution is -2.39. The van der Waals surface area contributed by atoms with Gasteiger partial charge in [0.2, 0.25) is 6.79 Å². The quantitative estimate of drug-likeness (QED) is 0.589. The second kappa shape index (κ2) is 8.51. The molecule has 6 rings (SSSR count). The van der Waals surface area contributed by atoms with Gasteiger partial charge in [-0.05, 0) is 41.0 Å². The monoisotopic (exact) mass is 462 g/mol. The van der Waals surface area contributed by atoms with E-state index in [0.717, 1.165) is 16.7 Å². The van der Waals surface area contributed by atoms with Crippen LogP contribution in [0.5, 0.6) is 23.0 Å². The van der Waals surface area contributed by atoms with E-state index in [1.165, 1.54) is 0 Å². The van der Waals surface area contributed by atoms with Crippen LogP contribution in [0.15, 0.2) is 66.7 Å². The molecule has 0 spiro atoms. The summed E-state index contributed by atoms with van der Waals surface area (Å²) in [4.78, 5) is 0. The molecule has 0 radical (unpaired) electrons. The van der Waals surface area contributed by atoms with Crippen LogP contribution in [0.3, 0.4) is 0 Å². The highest BCUT2D eigenvalue weighted by atomic mass is 16.7. The van der Waals surface area contributed by atoms with Gasteiger partial charge in [-0.1, -0.05) is 42.5 Å². The molecule has 0 amide bonds. The fourth-order valence-electron chi connectivity index (χ4n) is 5.06. The Balaban J connectivity index is 1.21. The third-order valence-corrected chi connectivity index (χ3v) is 6.85. The molecule has 0 bridgehead atoms. The standard InChI is InChI=1S/C27H26O7/c1-29-23-11-18(7-9-21(23)30-13-17-5-3-2-4-6-17)25-20-14-31-26(27(20,28)15-32-25)19-8-10-22-24(12-19)34-16-33-22/h2-12,20,25-26,28H,13-16H2,1H3/t20-,25-,26-,27+/m1/s1. The van der Waals surface area contributed by atoms with Gasteiger partial charge in [-0.15, -0.1) is 0 Å². The molecule has 3 aliphatic rings. The van der Waals surface area contributed by atoms with Gasteiger partial charge in [-0.3, -0.25) is 0 Å². The summed E-state index contributed by atoms with van der Waals surface area (Å²) in [5, 5.41) is 11.6. The Hall–Kier alpha value is -3.26. The summed E-state index contributed by atoms with van der Waals surface area (Å²) in [5.74, 6) is 2.43. The van der Waals surface area contributed by atoms with Crippen molar-refractivity contribution >= 4 is 0 Å². The molecule has 0 aromatic heterocycles. The summed E-state index contributed by atoms with van der Waals surface area (Å²) in [7, 11) is 1.62. The third-order valence-electron chi connectivity index (χ3n) is 6.85. The molecule has 7 heteroatoms. The van der Waals surface area contributed by atoms with E-state index in [-0.39, 0.29) is 25.4 Å². The number of rotatable bonds is 6. The minimum atomic E-state index is -1.14. The Morgan fingerprint density at radius 2 is 1.74 bits per heavy atom. The number of aliphatic hydroxyl groups is 1. The Bertz CT molecular complexity index is 1180. The zero-order chi connectivity index (χ0) is 23.1. The van der Waals surface area contributed by atoms with Gasteiger partial charge in [0.05, 0.1) is 26.4 Å². The molecule has 3 aromatic carbocycles. The lowest BCUT2D eigenvalue weighted by Gasteiger charge is -2.27. The van der Waals surface area contributed by atoms with Gasteiger partial charge in [-0.2, -0.15) is 0 Å². The van der Waals surface area contributed by atoms with Gasteiger partial charge in [0, 0.05) is 5.92 Å². The number of hydrogen-bond acceptors (Lipinski definition) is 7. The number of hydrogen-bond donors (Lipinski definition) is 1. The largest absolute Gasteiger partial charge is 0.493 e. The van der Waals surface area contributed by atoms with Crippen molar-refractivity contribution in [2.24, 2.45) is 5.92 Å². The smallest absolute Gasteiger partial charge is 0.231 e. The second-order valence-corrected chi connectivity index (χ2v) is 8.84. The molecular weight excluding hydrogens is 436 g/mol. The predicted molar refractivity (Wildman–Crippen MR) is 122 cm³/mol. The molecule has 0 aliphatic carbocycles. The van der Waals surface area contributed by atoms with Crippen molar-refractivity contribution in [2.45, 2.75) is 24.4 Å². The Labute approximate surface area is 197 Å². The van der Waals surface area contributed by atoms with E-state index in [4.69, 9.17) is 28.4 Å². The Kier molecular flexibility index (Phi) is 5.32. The lowest BCUT2D eigenvalue weighted by molar-refractivity contribution is -0.0628. The molecule has 3 aromatic rings. The molecule has 176 valence electrons. The highest BCUT2D eigenvalue weighted by Gasteiger charge is 2.59. The maximum atomic E-state index is 11.6. The fourth-order valence-corrected chi connectivity index (χ4v) is 5.06. The van der Waals surface area contributed by atoms with E-state index < -0.39 is 11.7 Å². The SMILES string of the molecule is COc1cc([C@H]2OC[C@@]3(O)[C@@H](c4ccc5c(c4)OCO5)OC[C@H]23)ccc1OCc1ccccc1. The minimum Gasteiger partial charge on any atom is -0.493 e. The number of benzene rings is 3.